The second-order valence-electron chi connectivity index (χ2n) is 6.10. The van der Waals surface area contributed by atoms with Crippen molar-refractivity contribution in [3.05, 3.63) is 60.3 Å². The number of ether oxygens (including phenoxy) is 2. The number of anilines is 1. The molecule has 0 amide bonds. The zero-order valence-corrected chi connectivity index (χ0v) is 14.5. The van der Waals surface area contributed by atoms with E-state index in [2.05, 4.69) is 5.32 Å². The van der Waals surface area contributed by atoms with Crippen molar-refractivity contribution >= 4 is 11.5 Å². The molecular weight excluding hydrogens is 314 g/mol. The third-order valence-electron chi connectivity index (χ3n) is 4.27. The molecule has 0 aliphatic heterocycles. The molecule has 2 aromatic rings. The second kappa shape index (κ2) is 8.38. The highest BCUT2D eigenvalue weighted by Crippen LogP contribution is 2.25. The van der Waals surface area contributed by atoms with Crippen molar-refractivity contribution in [2.75, 3.05) is 12.4 Å². The van der Waals surface area contributed by atoms with E-state index in [4.69, 9.17) is 9.47 Å². The van der Waals surface area contributed by atoms with Crippen LogP contribution in [0.15, 0.2) is 60.3 Å². The fraction of sp³-hybridized carbons (Fsp3) is 0.286. The third kappa shape index (κ3) is 4.86. The molecule has 4 nitrogen and oxygen atoms in total. The molecule has 0 spiro atoms. The number of methoxy groups -OCH3 is 1. The molecule has 25 heavy (non-hydrogen) atoms. The molecule has 1 aliphatic carbocycles. The van der Waals surface area contributed by atoms with E-state index in [1.54, 1.807) is 7.11 Å². The van der Waals surface area contributed by atoms with Crippen LogP contribution >= 0.6 is 0 Å². The summed E-state index contributed by atoms with van der Waals surface area (Å²) < 4.78 is 10.9. The molecule has 0 saturated heterocycles. The predicted molar refractivity (Wildman–Crippen MR) is 99.3 cm³/mol. The van der Waals surface area contributed by atoms with E-state index in [0.717, 1.165) is 54.2 Å². The van der Waals surface area contributed by atoms with Gasteiger partial charge in [-0.15, -0.1) is 0 Å². The minimum Gasteiger partial charge on any atom is -0.497 e. The van der Waals surface area contributed by atoms with Gasteiger partial charge in [-0.25, -0.2) is 0 Å². The predicted octanol–water partition coefficient (Wildman–Crippen LogP) is 5.32. The molecule has 3 rings (SSSR count). The fourth-order valence-electron chi connectivity index (χ4n) is 2.80. The fourth-order valence-corrected chi connectivity index (χ4v) is 2.80. The molecule has 0 unspecified atom stereocenters. The first-order valence-electron chi connectivity index (χ1n) is 8.65. The lowest BCUT2D eigenvalue weighted by atomic mass is 10.1. The van der Waals surface area contributed by atoms with E-state index < -0.39 is 0 Å². The first kappa shape index (κ1) is 17.1. The van der Waals surface area contributed by atoms with Gasteiger partial charge in [0, 0.05) is 23.9 Å². The average molecular weight is 337 g/mol. The van der Waals surface area contributed by atoms with Gasteiger partial charge < -0.3 is 14.8 Å². The number of nitrogens with one attached hydrogen (secondary N) is 1. The van der Waals surface area contributed by atoms with Crippen LogP contribution in [-0.4, -0.2) is 12.9 Å². The minimum atomic E-state index is 0.268. The number of hydrogen-bond acceptors (Lipinski definition) is 4. The van der Waals surface area contributed by atoms with E-state index in [9.17, 15) is 4.79 Å². The number of rotatable bonds is 5. The molecule has 1 N–H and O–H groups in total. The summed E-state index contributed by atoms with van der Waals surface area (Å²) in [5, 5.41) is 3.22. The Morgan fingerprint density at radius 3 is 2.12 bits per heavy atom. The van der Waals surface area contributed by atoms with Crippen LogP contribution in [0.2, 0.25) is 0 Å². The standard InChI is InChI=1S/C21H23NO3/c1-24-18-11-13-20(14-12-18)25-19-9-7-17(8-10-19)22-15-16-5-3-2-4-6-21(16)23/h7-15,22H,2-6H2,1H3/b16-15+. The van der Waals surface area contributed by atoms with Crippen LogP contribution in [0.3, 0.4) is 0 Å². The first-order valence-corrected chi connectivity index (χ1v) is 8.65. The van der Waals surface area contributed by atoms with E-state index in [-0.39, 0.29) is 5.78 Å². The van der Waals surface area contributed by atoms with Crippen LogP contribution in [0.25, 0.3) is 0 Å². The topological polar surface area (TPSA) is 47.6 Å². The lowest BCUT2D eigenvalue weighted by molar-refractivity contribution is -0.115. The maximum Gasteiger partial charge on any atom is 0.160 e. The number of benzene rings is 2. The molecule has 2 aromatic carbocycles. The second-order valence-corrected chi connectivity index (χ2v) is 6.10. The largest absolute Gasteiger partial charge is 0.497 e. The van der Waals surface area contributed by atoms with Crippen LogP contribution in [0.5, 0.6) is 17.2 Å². The molecule has 0 bridgehead atoms. The summed E-state index contributed by atoms with van der Waals surface area (Å²) in [6, 6.07) is 15.1. The van der Waals surface area contributed by atoms with Gasteiger partial charge in [0.05, 0.1) is 7.11 Å². The van der Waals surface area contributed by atoms with Crippen LogP contribution in [0, 0.1) is 0 Å². The van der Waals surface area contributed by atoms with Crippen LogP contribution < -0.4 is 14.8 Å². The Labute approximate surface area is 148 Å². The quantitative estimate of drug-likeness (QED) is 0.593. The SMILES string of the molecule is COc1ccc(Oc2ccc(N/C=C3\CCCCCC3=O)cc2)cc1. The summed E-state index contributed by atoms with van der Waals surface area (Å²) in [6.45, 7) is 0. The van der Waals surface area contributed by atoms with Crippen LogP contribution in [-0.2, 0) is 4.79 Å². The number of hydrogen-bond donors (Lipinski definition) is 1. The first-order chi connectivity index (χ1) is 12.2. The smallest absolute Gasteiger partial charge is 0.160 e. The summed E-state index contributed by atoms with van der Waals surface area (Å²) in [4.78, 5) is 12.0. The average Bonchev–Trinajstić information content (AvgIpc) is 2.86. The Balaban J connectivity index is 1.60. The van der Waals surface area contributed by atoms with E-state index >= 15 is 0 Å². The van der Waals surface area contributed by atoms with Gasteiger partial charge in [-0.05, 0) is 67.8 Å². The summed E-state index contributed by atoms with van der Waals surface area (Å²) in [6.07, 6.45) is 6.63. The van der Waals surface area contributed by atoms with Gasteiger partial charge in [0.25, 0.3) is 0 Å². The van der Waals surface area contributed by atoms with E-state index in [1.807, 2.05) is 54.7 Å². The molecule has 1 saturated carbocycles. The van der Waals surface area contributed by atoms with Crippen LogP contribution in [0.1, 0.15) is 32.1 Å². The third-order valence-corrected chi connectivity index (χ3v) is 4.27. The van der Waals surface area contributed by atoms with Crippen molar-refractivity contribution in [3.8, 4) is 17.2 Å². The highest BCUT2D eigenvalue weighted by Gasteiger charge is 2.12. The van der Waals surface area contributed by atoms with Gasteiger partial charge in [-0.2, -0.15) is 0 Å². The molecule has 0 aromatic heterocycles. The Kier molecular flexibility index (Phi) is 5.73. The number of carbonyl (C=O) groups excluding carboxylic acids is 1. The number of Topliss-reactive ketones (excluding diaryl/α,β-unsaturated/α-hetero) is 1. The highest BCUT2D eigenvalue weighted by atomic mass is 16.5. The van der Waals surface area contributed by atoms with E-state index in [0.29, 0.717) is 6.42 Å². The lowest BCUT2D eigenvalue weighted by Gasteiger charge is -2.08. The normalized spacial score (nSPS) is 16.4. The molecule has 130 valence electrons. The molecule has 1 fully saturated rings. The molecule has 1 aliphatic rings. The van der Waals surface area contributed by atoms with Crippen molar-refractivity contribution in [2.24, 2.45) is 0 Å². The van der Waals surface area contributed by atoms with Gasteiger partial charge in [-0.3, -0.25) is 4.79 Å². The Hall–Kier alpha value is -2.75. The number of ketones is 1. The summed E-state index contributed by atoms with van der Waals surface area (Å²) in [7, 11) is 1.64. The maximum absolute atomic E-state index is 12.0. The Morgan fingerprint density at radius 1 is 0.840 bits per heavy atom. The molecule has 4 heteroatoms. The number of carbonyl (C=O) groups is 1. The molecule has 0 radical (unpaired) electrons. The van der Waals surface area contributed by atoms with Gasteiger partial charge in [0.15, 0.2) is 5.78 Å². The zero-order valence-electron chi connectivity index (χ0n) is 14.5. The van der Waals surface area contributed by atoms with Gasteiger partial charge in [-0.1, -0.05) is 6.42 Å². The highest BCUT2D eigenvalue weighted by molar-refractivity contribution is 5.95. The van der Waals surface area contributed by atoms with Crippen molar-refractivity contribution in [1.82, 2.24) is 0 Å². The lowest BCUT2D eigenvalue weighted by Crippen LogP contribution is -2.02. The van der Waals surface area contributed by atoms with Crippen molar-refractivity contribution in [2.45, 2.75) is 32.1 Å². The van der Waals surface area contributed by atoms with Gasteiger partial charge in [0.1, 0.15) is 17.2 Å². The minimum absolute atomic E-state index is 0.268. The molecule has 0 atom stereocenters. The Morgan fingerprint density at radius 2 is 1.44 bits per heavy atom. The van der Waals surface area contributed by atoms with Crippen molar-refractivity contribution < 1.29 is 14.3 Å². The zero-order chi connectivity index (χ0) is 17.5. The van der Waals surface area contributed by atoms with Crippen LogP contribution in [0.4, 0.5) is 5.69 Å². The molecular formula is C21H23NO3. The summed E-state index contributed by atoms with van der Waals surface area (Å²) in [5.74, 6) is 2.58. The Bertz CT molecular complexity index is 733. The number of allylic oxidation sites excluding steroid dienone is 1. The van der Waals surface area contributed by atoms with Gasteiger partial charge >= 0.3 is 0 Å². The summed E-state index contributed by atoms with van der Waals surface area (Å²) in [5.41, 5.74) is 1.84. The van der Waals surface area contributed by atoms with Gasteiger partial charge in [0.2, 0.25) is 0 Å². The maximum atomic E-state index is 12.0. The van der Waals surface area contributed by atoms with E-state index in [1.165, 1.54) is 0 Å². The monoisotopic (exact) mass is 337 g/mol. The van der Waals surface area contributed by atoms with Crippen molar-refractivity contribution in [3.63, 3.8) is 0 Å². The van der Waals surface area contributed by atoms with Crippen molar-refractivity contribution in [1.29, 1.82) is 0 Å². The molecule has 0 heterocycles. The summed E-state index contributed by atoms with van der Waals surface area (Å²) >= 11 is 0.